The molecular weight excluding hydrogens is 121 g/mol. The zero-order valence-electron chi connectivity index (χ0n) is 4.90. The molecule has 0 spiro atoms. The molecule has 1 radical (unpaired) electrons. The third kappa shape index (κ3) is 1.09. The van der Waals surface area contributed by atoms with Crippen LogP contribution in [0.25, 0.3) is 0 Å². The Morgan fingerprint density at radius 1 is 1.67 bits per heavy atom. The second-order valence-corrected chi connectivity index (χ2v) is 2.00. The Bertz CT molecular complexity index is 91.8. The monoisotopic (exact) mass is 130 g/mol. The maximum absolute atomic E-state index is 8.97. The summed E-state index contributed by atoms with van der Waals surface area (Å²) in [6.45, 7) is -0.147. The van der Waals surface area contributed by atoms with Crippen molar-refractivity contribution in [1.82, 2.24) is 0 Å². The van der Waals surface area contributed by atoms with Gasteiger partial charge in [0.05, 0.1) is 12.6 Å². The van der Waals surface area contributed by atoms with E-state index in [1.165, 1.54) is 7.41 Å². The summed E-state index contributed by atoms with van der Waals surface area (Å²) in [4.78, 5) is 0. The molecule has 1 rings (SSSR count). The summed E-state index contributed by atoms with van der Waals surface area (Å²) >= 11 is 0. The van der Waals surface area contributed by atoms with Gasteiger partial charge in [0.25, 0.3) is 0 Å². The van der Waals surface area contributed by atoms with E-state index >= 15 is 0 Å². The molecule has 3 atom stereocenters. The first-order chi connectivity index (χ1) is 4.29. The van der Waals surface area contributed by atoms with Gasteiger partial charge in [0.15, 0.2) is 0 Å². The van der Waals surface area contributed by atoms with Crippen LogP contribution in [-0.4, -0.2) is 42.4 Å². The molecule has 0 aliphatic carbocycles. The van der Waals surface area contributed by atoms with E-state index in [0.29, 0.717) is 0 Å². The van der Waals surface area contributed by atoms with Gasteiger partial charge in [0, 0.05) is 0 Å². The molecule has 1 saturated heterocycles. The normalized spacial score (nSPS) is 41.9. The average Bonchev–Trinajstić information content (AvgIpc) is 1.87. The molecule has 4 N–H and O–H groups in total. The van der Waals surface area contributed by atoms with Crippen molar-refractivity contribution < 1.29 is 14.9 Å². The number of hydrogen-bond donors (Lipinski definition) is 3. The maximum Gasteiger partial charge on any atom is 0.242 e. The third-order valence-electron chi connectivity index (χ3n) is 1.42. The lowest BCUT2D eigenvalue weighted by molar-refractivity contribution is -0.200. The molecule has 1 heterocycles. The molecule has 5 heteroatoms. The second kappa shape index (κ2) is 2.66. The Labute approximate surface area is 53.9 Å². The van der Waals surface area contributed by atoms with Crippen LogP contribution in [-0.2, 0) is 4.74 Å². The number of hydrogen-bond acceptors (Lipinski definition) is 4. The van der Waals surface area contributed by atoms with Crippen LogP contribution in [0.15, 0.2) is 0 Å². The van der Waals surface area contributed by atoms with E-state index in [-0.39, 0.29) is 12.6 Å². The number of rotatable bonds is 2. The molecule has 0 aromatic rings. The van der Waals surface area contributed by atoms with Gasteiger partial charge in [0.2, 0.25) is 7.41 Å². The number of nitrogens with two attached hydrogens (primary N) is 1. The van der Waals surface area contributed by atoms with E-state index in [4.69, 9.17) is 20.6 Å². The highest BCUT2D eigenvalue weighted by Crippen LogP contribution is 2.18. The Kier molecular flexibility index (Phi) is 2.07. The van der Waals surface area contributed by atoms with Crippen LogP contribution in [0.2, 0.25) is 0 Å². The van der Waals surface area contributed by atoms with Crippen LogP contribution in [0.4, 0.5) is 0 Å². The zero-order valence-corrected chi connectivity index (χ0v) is 4.90. The number of aliphatic hydroxyl groups is 2. The van der Waals surface area contributed by atoms with Crippen LogP contribution >= 0.6 is 0 Å². The molecule has 1 aliphatic rings. The van der Waals surface area contributed by atoms with Crippen molar-refractivity contribution in [3.05, 3.63) is 0 Å². The lowest BCUT2D eigenvalue weighted by Crippen LogP contribution is -2.59. The van der Waals surface area contributed by atoms with E-state index in [1.54, 1.807) is 0 Å². The lowest BCUT2D eigenvalue weighted by atomic mass is 9.77. The summed E-state index contributed by atoms with van der Waals surface area (Å²) < 4.78 is 4.87. The minimum Gasteiger partial charge on any atom is -0.394 e. The molecule has 4 nitrogen and oxygen atoms in total. The van der Waals surface area contributed by atoms with Crippen LogP contribution in [0.1, 0.15) is 0 Å². The quantitative estimate of drug-likeness (QED) is 0.365. The standard InChI is InChI=1S/C4H9BNO3/c6-5-4-3(8)2(1-7)9-4/h2-4,7-8H,1,6H2/t2?,3-,4?/m0/s1. The molecule has 0 amide bonds. The van der Waals surface area contributed by atoms with Crippen molar-refractivity contribution in [2.24, 2.45) is 5.64 Å². The first kappa shape index (κ1) is 7.02. The van der Waals surface area contributed by atoms with Crippen LogP contribution in [0, 0.1) is 0 Å². The average molecular weight is 130 g/mol. The Morgan fingerprint density at radius 3 is 2.67 bits per heavy atom. The smallest absolute Gasteiger partial charge is 0.242 e. The Hall–Kier alpha value is -0.0951. The van der Waals surface area contributed by atoms with E-state index in [1.807, 2.05) is 0 Å². The highest BCUT2D eigenvalue weighted by molar-refractivity contribution is 6.33. The summed E-state index contributed by atoms with van der Waals surface area (Å²) in [5.41, 5.74) is 5.05. The fraction of sp³-hybridized carbons (Fsp3) is 1.00. The minimum atomic E-state index is -0.625. The fourth-order valence-corrected chi connectivity index (χ4v) is 0.795. The van der Waals surface area contributed by atoms with E-state index in [9.17, 15) is 0 Å². The number of ether oxygens (including phenoxy) is 1. The molecule has 9 heavy (non-hydrogen) atoms. The van der Waals surface area contributed by atoms with Crippen molar-refractivity contribution in [2.75, 3.05) is 6.61 Å². The lowest BCUT2D eigenvalue weighted by Gasteiger charge is -2.39. The molecule has 1 aliphatic heterocycles. The summed E-state index contributed by atoms with van der Waals surface area (Å²) in [6.07, 6.45) is -1.06. The first-order valence-electron chi connectivity index (χ1n) is 2.79. The number of aliphatic hydroxyl groups excluding tert-OH is 2. The van der Waals surface area contributed by atoms with Gasteiger partial charge in [-0.15, -0.1) is 0 Å². The third-order valence-corrected chi connectivity index (χ3v) is 1.42. The first-order valence-corrected chi connectivity index (χ1v) is 2.79. The Morgan fingerprint density at radius 2 is 2.33 bits per heavy atom. The van der Waals surface area contributed by atoms with Crippen molar-refractivity contribution in [3.8, 4) is 0 Å². The Balaban J connectivity index is 2.24. The summed E-state index contributed by atoms with van der Waals surface area (Å²) in [6, 6.07) is -0.387. The fourth-order valence-electron chi connectivity index (χ4n) is 0.795. The summed E-state index contributed by atoms with van der Waals surface area (Å²) in [7, 11) is 1.27. The molecule has 0 saturated carbocycles. The molecule has 0 aromatic carbocycles. The molecular formula is C4H9BNO3. The minimum absolute atomic E-state index is 0.147. The molecule has 0 bridgehead atoms. The van der Waals surface area contributed by atoms with Gasteiger partial charge in [-0.25, -0.2) is 0 Å². The maximum atomic E-state index is 8.97. The van der Waals surface area contributed by atoms with Crippen molar-refractivity contribution in [3.63, 3.8) is 0 Å². The molecule has 2 unspecified atom stereocenters. The van der Waals surface area contributed by atoms with E-state index in [2.05, 4.69) is 0 Å². The van der Waals surface area contributed by atoms with Gasteiger partial charge in [-0.2, -0.15) is 0 Å². The van der Waals surface area contributed by atoms with Gasteiger partial charge in [-0.05, 0) is 0 Å². The highest BCUT2D eigenvalue weighted by Gasteiger charge is 2.39. The predicted octanol–water partition coefficient (Wildman–Crippen LogP) is -2.36. The predicted molar refractivity (Wildman–Crippen MR) is 31.7 cm³/mol. The second-order valence-electron chi connectivity index (χ2n) is 2.00. The van der Waals surface area contributed by atoms with Crippen LogP contribution < -0.4 is 5.64 Å². The molecule has 51 valence electrons. The van der Waals surface area contributed by atoms with Gasteiger partial charge in [-0.3, -0.25) is 0 Å². The highest BCUT2D eigenvalue weighted by atomic mass is 16.6. The largest absolute Gasteiger partial charge is 0.394 e. The topological polar surface area (TPSA) is 75.7 Å². The van der Waals surface area contributed by atoms with Crippen molar-refractivity contribution in [2.45, 2.75) is 18.2 Å². The SMILES string of the molecule is N[B]C1OC(CO)[C@@H]1O. The summed E-state index contributed by atoms with van der Waals surface area (Å²) in [5.74, 6) is 0. The zero-order chi connectivity index (χ0) is 6.85. The molecule has 1 fully saturated rings. The van der Waals surface area contributed by atoms with Crippen LogP contribution in [0.5, 0.6) is 0 Å². The van der Waals surface area contributed by atoms with Gasteiger partial charge >= 0.3 is 0 Å². The van der Waals surface area contributed by atoms with Crippen LogP contribution in [0.3, 0.4) is 0 Å². The van der Waals surface area contributed by atoms with Gasteiger partial charge in [0.1, 0.15) is 12.2 Å². The van der Waals surface area contributed by atoms with Gasteiger partial charge in [-0.1, -0.05) is 0 Å². The van der Waals surface area contributed by atoms with Gasteiger partial charge < -0.3 is 20.6 Å². The van der Waals surface area contributed by atoms with E-state index < -0.39 is 12.2 Å². The van der Waals surface area contributed by atoms with Crippen molar-refractivity contribution >= 4 is 7.41 Å². The van der Waals surface area contributed by atoms with Crippen molar-refractivity contribution in [1.29, 1.82) is 0 Å². The van der Waals surface area contributed by atoms with E-state index in [0.717, 1.165) is 0 Å². The summed E-state index contributed by atoms with van der Waals surface area (Å²) in [5, 5.41) is 17.4. The molecule has 0 aromatic heterocycles.